The summed E-state index contributed by atoms with van der Waals surface area (Å²) < 4.78 is 11.0. The molecular formula is C55H101NO10. The van der Waals surface area contributed by atoms with Crippen LogP contribution in [0.3, 0.4) is 0 Å². The van der Waals surface area contributed by atoms with E-state index in [1.165, 1.54) is 141 Å². The number of hydrogen-bond donors (Lipinski definition) is 8. The Kier molecular flexibility index (Phi) is 41.7. The Morgan fingerprint density at radius 3 is 1.36 bits per heavy atom. The minimum Gasteiger partial charge on any atom is -0.394 e. The third kappa shape index (κ3) is 32.8. The molecule has 11 heteroatoms. The lowest BCUT2D eigenvalue weighted by Crippen LogP contribution is -2.60. The number of carbonyl (C=O) groups excluding carboxylic acids is 1. The summed E-state index contributed by atoms with van der Waals surface area (Å²) in [6.07, 6.45) is 43.8. The molecular weight excluding hydrogens is 835 g/mol. The van der Waals surface area contributed by atoms with Crippen LogP contribution >= 0.6 is 0 Å². The van der Waals surface area contributed by atoms with Crippen molar-refractivity contribution in [3.05, 3.63) is 48.6 Å². The third-order valence-electron chi connectivity index (χ3n) is 12.8. The molecule has 0 aromatic rings. The number of amides is 1. The predicted molar refractivity (Wildman–Crippen MR) is 270 cm³/mol. The van der Waals surface area contributed by atoms with E-state index in [0.717, 1.165) is 38.5 Å². The maximum Gasteiger partial charge on any atom is 0.249 e. The van der Waals surface area contributed by atoms with Gasteiger partial charge < -0.3 is 50.5 Å². The van der Waals surface area contributed by atoms with Crippen molar-refractivity contribution in [1.82, 2.24) is 5.32 Å². The number of carbonyl (C=O) groups is 1. The van der Waals surface area contributed by atoms with E-state index in [9.17, 15) is 40.5 Å². The molecule has 0 radical (unpaired) electrons. The normalized spacial score (nSPS) is 21.1. The summed E-state index contributed by atoms with van der Waals surface area (Å²) in [6.45, 7) is 3.35. The van der Waals surface area contributed by atoms with Crippen LogP contribution in [0.1, 0.15) is 226 Å². The molecule has 1 rings (SSSR count). The predicted octanol–water partition coefficient (Wildman–Crippen LogP) is 10.5. The van der Waals surface area contributed by atoms with Crippen molar-refractivity contribution in [1.29, 1.82) is 0 Å². The Morgan fingerprint density at radius 1 is 0.515 bits per heavy atom. The van der Waals surface area contributed by atoms with Crippen LogP contribution in [0.2, 0.25) is 0 Å². The quantitative estimate of drug-likeness (QED) is 0.0216. The van der Waals surface area contributed by atoms with Crippen LogP contribution in [-0.2, 0) is 14.3 Å². The van der Waals surface area contributed by atoms with Gasteiger partial charge in [-0.2, -0.15) is 0 Å². The monoisotopic (exact) mass is 936 g/mol. The first-order chi connectivity index (χ1) is 32.2. The molecule has 0 saturated carbocycles. The largest absolute Gasteiger partial charge is 0.394 e. The van der Waals surface area contributed by atoms with Gasteiger partial charge in [0, 0.05) is 0 Å². The molecule has 1 saturated heterocycles. The zero-order valence-corrected chi connectivity index (χ0v) is 41.9. The highest BCUT2D eigenvalue weighted by Gasteiger charge is 2.44. The van der Waals surface area contributed by atoms with Gasteiger partial charge in [-0.25, -0.2) is 0 Å². The van der Waals surface area contributed by atoms with Crippen molar-refractivity contribution in [3.8, 4) is 0 Å². The number of allylic oxidation sites excluding steroid dienone is 8. The first kappa shape index (κ1) is 62.1. The number of aliphatic hydroxyl groups is 7. The Morgan fingerprint density at radius 2 is 0.909 bits per heavy atom. The van der Waals surface area contributed by atoms with E-state index in [2.05, 4.69) is 55.6 Å². The molecule has 9 atom stereocenters. The number of rotatable bonds is 45. The highest BCUT2D eigenvalue weighted by molar-refractivity contribution is 5.80. The van der Waals surface area contributed by atoms with E-state index >= 15 is 0 Å². The summed E-state index contributed by atoms with van der Waals surface area (Å²) in [6, 6.07) is -1.21. The number of ether oxygens (including phenoxy) is 2. The molecule has 1 aliphatic rings. The minimum atomic E-state index is -1.68. The van der Waals surface area contributed by atoms with Crippen molar-refractivity contribution in [2.45, 2.75) is 281 Å². The molecule has 1 heterocycles. The van der Waals surface area contributed by atoms with Crippen LogP contribution in [-0.4, -0.2) is 110 Å². The zero-order chi connectivity index (χ0) is 48.3. The lowest BCUT2D eigenvalue weighted by molar-refractivity contribution is -0.303. The summed E-state index contributed by atoms with van der Waals surface area (Å²) in [5.41, 5.74) is 0. The van der Waals surface area contributed by atoms with Gasteiger partial charge in [0.1, 0.15) is 36.6 Å². The lowest BCUT2D eigenvalue weighted by Gasteiger charge is -2.40. The summed E-state index contributed by atoms with van der Waals surface area (Å²) in [4.78, 5) is 13.0. The Balaban J connectivity index is 2.26. The summed E-state index contributed by atoms with van der Waals surface area (Å²) in [5.74, 6) is -0.750. The van der Waals surface area contributed by atoms with E-state index in [4.69, 9.17) is 9.47 Å². The molecule has 0 aromatic carbocycles. The Labute approximate surface area is 402 Å². The molecule has 9 unspecified atom stereocenters. The van der Waals surface area contributed by atoms with Gasteiger partial charge in [-0.1, -0.05) is 191 Å². The number of hydrogen-bond acceptors (Lipinski definition) is 10. The number of nitrogens with one attached hydrogen (secondary N) is 1. The van der Waals surface area contributed by atoms with Crippen molar-refractivity contribution >= 4 is 5.91 Å². The average Bonchev–Trinajstić information content (AvgIpc) is 3.32. The van der Waals surface area contributed by atoms with Gasteiger partial charge in [0.25, 0.3) is 0 Å². The molecule has 386 valence electrons. The first-order valence-corrected chi connectivity index (χ1v) is 27.0. The molecule has 0 aromatic heterocycles. The summed E-state index contributed by atoms with van der Waals surface area (Å²) >= 11 is 0. The topological polar surface area (TPSA) is 189 Å². The fraction of sp³-hybridized carbons (Fsp3) is 0.836. The number of unbranched alkanes of at least 4 members (excludes halogenated alkanes) is 25. The fourth-order valence-electron chi connectivity index (χ4n) is 8.36. The standard InChI is InChI=1S/C55H101NO10/c1-3-5-7-9-11-13-14-15-16-17-18-19-20-21-22-23-24-25-26-27-28-29-30-31-32-33-34-35-37-38-40-42-47(58)50(60)46(45-65-55-53(63)52(62)51(61)49(44-57)66-55)56-54(64)48(59)43-41-39-36-12-10-8-6-4-2/h27-28,31-32,35-37,39,46-53,55,57-63H,3-26,29-30,33-34,38,40-45H2,1-2H3,(H,56,64)/b28-27+,32-31+,37-35+,39-36-. The van der Waals surface area contributed by atoms with Crippen molar-refractivity contribution < 1.29 is 50.0 Å². The molecule has 66 heavy (non-hydrogen) atoms. The van der Waals surface area contributed by atoms with Crippen LogP contribution in [0.4, 0.5) is 0 Å². The molecule has 0 spiro atoms. The average molecular weight is 936 g/mol. The van der Waals surface area contributed by atoms with Crippen LogP contribution in [0.15, 0.2) is 48.6 Å². The van der Waals surface area contributed by atoms with Crippen LogP contribution in [0.25, 0.3) is 0 Å². The van der Waals surface area contributed by atoms with Gasteiger partial charge in [0.05, 0.1) is 25.4 Å². The Hall–Kier alpha value is -1.93. The SMILES string of the molecule is CCCCCC/C=C\CCC(O)C(=O)NC(COC1OC(CO)C(O)C(O)C1O)C(O)C(O)CCC/C=C/CC/C=C/CC/C=C/CCCCCCCCCCCCCCCCCCCC. The zero-order valence-electron chi connectivity index (χ0n) is 41.9. The van der Waals surface area contributed by atoms with Gasteiger partial charge in [0.15, 0.2) is 6.29 Å². The van der Waals surface area contributed by atoms with Crippen LogP contribution < -0.4 is 5.32 Å². The third-order valence-corrected chi connectivity index (χ3v) is 12.8. The van der Waals surface area contributed by atoms with Crippen molar-refractivity contribution in [3.63, 3.8) is 0 Å². The van der Waals surface area contributed by atoms with Crippen LogP contribution in [0, 0.1) is 0 Å². The van der Waals surface area contributed by atoms with E-state index in [0.29, 0.717) is 19.3 Å². The van der Waals surface area contributed by atoms with E-state index in [1.54, 1.807) is 0 Å². The van der Waals surface area contributed by atoms with Gasteiger partial charge in [0.2, 0.25) is 5.91 Å². The molecule has 1 aliphatic heterocycles. The number of aliphatic hydroxyl groups excluding tert-OH is 7. The molecule has 1 fully saturated rings. The van der Waals surface area contributed by atoms with Gasteiger partial charge in [-0.3, -0.25) is 4.79 Å². The van der Waals surface area contributed by atoms with Gasteiger partial charge >= 0.3 is 0 Å². The summed E-state index contributed by atoms with van der Waals surface area (Å²) in [7, 11) is 0. The van der Waals surface area contributed by atoms with Crippen molar-refractivity contribution in [2.75, 3.05) is 13.2 Å². The highest BCUT2D eigenvalue weighted by Crippen LogP contribution is 2.23. The van der Waals surface area contributed by atoms with E-state index < -0.39 is 74.2 Å². The maximum absolute atomic E-state index is 13.0. The molecule has 8 N–H and O–H groups in total. The van der Waals surface area contributed by atoms with E-state index in [-0.39, 0.29) is 12.8 Å². The molecule has 0 aliphatic carbocycles. The minimum absolute atomic E-state index is 0.162. The lowest BCUT2D eigenvalue weighted by atomic mass is 9.99. The second-order valence-electron chi connectivity index (χ2n) is 18.9. The maximum atomic E-state index is 13.0. The molecule has 11 nitrogen and oxygen atoms in total. The van der Waals surface area contributed by atoms with Crippen molar-refractivity contribution in [2.24, 2.45) is 0 Å². The van der Waals surface area contributed by atoms with Gasteiger partial charge in [-0.05, 0) is 83.5 Å². The second kappa shape index (κ2) is 44.3. The van der Waals surface area contributed by atoms with Crippen LogP contribution in [0.5, 0.6) is 0 Å². The summed E-state index contributed by atoms with van der Waals surface area (Å²) in [5, 5.41) is 75.5. The Bertz CT molecular complexity index is 1210. The smallest absolute Gasteiger partial charge is 0.249 e. The molecule has 1 amide bonds. The van der Waals surface area contributed by atoms with E-state index in [1.807, 2.05) is 12.2 Å². The molecule has 0 bridgehead atoms. The van der Waals surface area contributed by atoms with Gasteiger partial charge in [-0.15, -0.1) is 0 Å². The fourth-order valence-corrected chi connectivity index (χ4v) is 8.36. The highest BCUT2D eigenvalue weighted by atomic mass is 16.7. The second-order valence-corrected chi connectivity index (χ2v) is 18.9. The first-order valence-electron chi connectivity index (χ1n) is 27.0.